The number of para-hydroxylation sites is 4. The van der Waals surface area contributed by atoms with Gasteiger partial charge in [0.25, 0.3) is 5.52 Å². The Morgan fingerprint density at radius 3 is 1.95 bits per heavy atom. The zero-order chi connectivity index (χ0) is 27.0. The van der Waals surface area contributed by atoms with Crippen LogP contribution in [0, 0.1) is 0 Å². The Hall–Kier alpha value is -3.01. The zero-order valence-electron chi connectivity index (χ0n) is 24.1. The molecule has 0 aliphatic carbocycles. The minimum absolute atomic E-state index is 0.730. The Kier molecular flexibility index (Phi) is 12.5. The topological polar surface area (TPSA) is 38.3 Å². The molecule has 0 atom stereocenters. The van der Waals surface area contributed by atoms with Gasteiger partial charge in [0, 0.05) is 12.5 Å². The molecule has 0 radical (unpaired) electrons. The number of oxazole rings is 1. The van der Waals surface area contributed by atoms with E-state index >= 15 is 0 Å². The van der Waals surface area contributed by atoms with E-state index in [1.54, 1.807) is 0 Å². The molecule has 1 aliphatic heterocycles. The molecule has 4 rings (SSSR count). The summed E-state index contributed by atoms with van der Waals surface area (Å²) in [5.41, 5.74) is 3.09. The highest BCUT2D eigenvalue weighted by Gasteiger charge is 2.20. The molecule has 0 fully saturated rings. The molecule has 0 unspecified atom stereocenters. The Labute approximate surface area is 236 Å². The molecular formula is C35H49N2O2+. The van der Waals surface area contributed by atoms with E-state index in [9.17, 15) is 0 Å². The molecule has 0 saturated carbocycles. The average Bonchev–Trinajstić information content (AvgIpc) is 3.53. The predicted molar refractivity (Wildman–Crippen MR) is 164 cm³/mol. The predicted octanol–water partition coefficient (Wildman–Crippen LogP) is 10.3. The van der Waals surface area contributed by atoms with E-state index in [1.807, 2.05) is 54.6 Å². The fraction of sp³-hybridized carbons (Fsp3) is 0.514. The van der Waals surface area contributed by atoms with Gasteiger partial charge in [0.2, 0.25) is 5.58 Å². The molecule has 0 amide bonds. The standard InChI is InChI=1S/C35H48N2O2/c1-2-3-4-5-6-7-8-9-10-11-12-13-14-15-16-21-29-37-31-24-18-20-26-33(31)39-35(37)28-22-27-34-36-30-23-17-19-25-32(30)38-34/h17-20,22-28H,2-16,21,29H2,1H3/p+1. The molecule has 1 N–H and O–H groups in total. The number of aromatic nitrogens is 1. The van der Waals surface area contributed by atoms with Gasteiger partial charge in [0.05, 0.1) is 11.8 Å². The van der Waals surface area contributed by atoms with Gasteiger partial charge in [-0.05, 0) is 36.8 Å². The summed E-state index contributed by atoms with van der Waals surface area (Å²) in [4.78, 5) is 0. The Bertz CT molecular complexity index is 1150. The van der Waals surface area contributed by atoms with Crippen molar-refractivity contribution < 1.29 is 13.7 Å². The molecule has 2 heterocycles. The summed E-state index contributed by atoms with van der Waals surface area (Å²) < 4.78 is 14.4. The van der Waals surface area contributed by atoms with Crippen LogP contribution in [0.4, 0.5) is 5.69 Å². The number of allylic oxidation sites excluding steroid dienone is 2. The fourth-order valence-electron chi connectivity index (χ4n) is 5.45. The molecule has 1 aliphatic rings. The highest BCUT2D eigenvalue weighted by Crippen LogP contribution is 2.32. The number of hydrogen-bond donors (Lipinski definition) is 1. The SMILES string of the molecule is CCCCCCCCCCCCCCCCCC[n+]1c(C=CC=C2Nc3ccccc3O2)oc2ccccc21. The smallest absolute Gasteiger partial charge is 0.374 e. The molecule has 1 aromatic heterocycles. The fourth-order valence-corrected chi connectivity index (χ4v) is 5.45. The van der Waals surface area contributed by atoms with Crippen LogP contribution in [-0.2, 0) is 6.54 Å². The molecule has 2 aromatic carbocycles. The molecule has 4 heteroatoms. The molecule has 39 heavy (non-hydrogen) atoms. The first-order valence-electron chi connectivity index (χ1n) is 15.7. The molecular weight excluding hydrogens is 480 g/mol. The third-order valence-corrected chi connectivity index (χ3v) is 7.72. The van der Waals surface area contributed by atoms with Gasteiger partial charge in [0.1, 0.15) is 0 Å². The maximum Gasteiger partial charge on any atom is 0.374 e. The third kappa shape index (κ3) is 9.60. The van der Waals surface area contributed by atoms with Crippen molar-refractivity contribution in [2.24, 2.45) is 0 Å². The van der Waals surface area contributed by atoms with Crippen molar-refractivity contribution in [3.05, 3.63) is 72.5 Å². The summed E-state index contributed by atoms with van der Waals surface area (Å²) in [5.74, 6) is 2.47. The van der Waals surface area contributed by atoms with Crippen LogP contribution in [0.3, 0.4) is 0 Å². The van der Waals surface area contributed by atoms with Crippen LogP contribution >= 0.6 is 0 Å². The van der Waals surface area contributed by atoms with Gasteiger partial charge in [-0.1, -0.05) is 121 Å². The monoisotopic (exact) mass is 529 g/mol. The molecule has 4 nitrogen and oxygen atoms in total. The largest absolute Gasteiger partial charge is 0.439 e. The van der Waals surface area contributed by atoms with Crippen LogP contribution in [0.2, 0.25) is 0 Å². The van der Waals surface area contributed by atoms with Crippen molar-refractivity contribution in [2.45, 2.75) is 116 Å². The van der Waals surface area contributed by atoms with Crippen LogP contribution in [0.15, 0.2) is 71.0 Å². The number of hydrogen-bond acceptors (Lipinski definition) is 3. The molecule has 210 valence electrons. The second kappa shape index (κ2) is 16.8. The summed E-state index contributed by atoms with van der Waals surface area (Å²) in [7, 11) is 0. The van der Waals surface area contributed by atoms with Gasteiger partial charge >= 0.3 is 5.89 Å². The summed E-state index contributed by atoms with van der Waals surface area (Å²) in [6, 6.07) is 16.3. The van der Waals surface area contributed by atoms with Gasteiger partial charge in [-0.15, -0.1) is 0 Å². The number of aryl methyl sites for hydroxylation is 1. The quantitative estimate of drug-likeness (QED) is 0.124. The number of anilines is 1. The lowest BCUT2D eigenvalue weighted by Crippen LogP contribution is -2.35. The van der Waals surface area contributed by atoms with Crippen LogP contribution in [0.25, 0.3) is 17.2 Å². The number of benzene rings is 2. The van der Waals surface area contributed by atoms with E-state index in [0.717, 1.165) is 40.9 Å². The molecule has 0 saturated heterocycles. The van der Waals surface area contributed by atoms with Gasteiger partial charge < -0.3 is 14.5 Å². The lowest BCUT2D eigenvalue weighted by Gasteiger charge is -2.03. The van der Waals surface area contributed by atoms with E-state index in [1.165, 1.54) is 103 Å². The number of ether oxygens (including phenoxy) is 1. The summed E-state index contributed by atoms with van der Waals surface area (Å²) >= 11 is 0. The second-order valence-electron chi connectivity index (χ2n) is 11.0. The number of unbranched alkanes of at least 4 members (excludes halogenated alkanes) is 15. The first-order valence-corrected chi connectivity index (χ1v) is 15.7. The van der Waals surface area contributed by atoms with Crippen LogP contribution in [-0.4, -0.2) is 0 Å². The lowest BCUT2D eigenvalue weighted by molar-refractivity contribution is -0.678. The first-order chi connectivity index (χ1) is 19.3. The minimum atomic E-state index is 0.730. The highest BCUT2D eigenvalue weighted by atomic mass is 16.5. The van der Waals surface area contributed by atoms with Crippen LogP contribution in [0.5, 0.6) is 5.75 Å². The van der Waals surface area contributed by atoms with E-state index in [-0.39, 0.29) is 0 Å². The van der Waals surface area contributed by atoms with Gasteiger partial charge in [0.15, 0.2) is 18.2 Å². The number of fused-ring (bicyclic) bond motifs is 2. The van der Waals surface area contributed by atoms with E-state index < -0.39 is 0 Å². The molecule has 3 aromatic rings. The first kappa shape index (κ1) is 29.0. The number of nitrogens with one attached hydrogen (secondary N) is 1. The van der Waals surface area contributed by atoms with Crippen LogP contribution in [0.1, 0.15) is 116 Å². The number of rotatable bonds is 19. The van der Waals surface area contributed by atoms with Crippen LogP contribution < -0.4 is 14.6 Å². The second-order valence-corrected chi connectivity index (χ2v) is 11.0. The van der Waals surface area contributed by atoms with E-state index in [2.05, 4.69) is 28.9 Å². The molecule has 0 spiro atoms. The van der Waals surface area contributed by atoms with E-state index in [0.29, 0.717) is 0 Å². The highest BCUT2D eigenvalue weighted by molar-refractivity contribution is 5.69. The van der Waals surface area contributed by atoms with Crippen molar-refractivity contribution >= 4 is 22.9 Å². The maximum atomic E-state index is 6.19. The zero-order valence-corrected chi connectivity index (χ0v) is 24.1. The van der Waals surface area contributed by atoms with Crippen molar-refractivity contribution in [1.29, 1.82) is 0 Å². The van der Waals surface area contributed by atoms with Crippen molar-refractivity contribution in [3.63, 3.8) is 0 Å². The normalized spacial score (nSPS) is 13.8. The Morgan fingerprint density at radius 2 is 1.28 bits per heavy atom. The Balaban J connectivity index is 1.12. The van der Waals surface area contributed by atoms with E-state index in [4.69, 9.17) is 9.15 Å². The van der Waals surface area contributed by atoms with Gasteiger partial charge in [-0.2, -0.15) is 4.57 Å². The third-order valence-electron chi connectivity index (χ3n) is 7.72. The average molecular weight is 530 g/mol. The summed E-state index contributed by atoms with van der Waals surface area (Å²) in [5, 5.41) is 3.30. The van der Waals surface area contributed by atoms with Crippen molar-refractivity contribution in [1.82, 2.24) is 0 Å². The Morgan fingerprint density at radius 1 is 0.692 bits per heavy atom. The van der Waals surface area contributed by atoms with Gasteiger partial charge in [-0.25, -0.2) is 0 Å². The van der Waals surface area contributed by atoms with Crippen molar-refractivity contribution in [2.75, 3.05) is 5.32 Å². The molecule has 0 bridgehead atoms. The minimum Gasteiger partial charge on any atom is -0.439 e. The number of nitrogens with zero attached hydrogens (tertiary/aromatic N) is 1. The summed E-state index contributed by atoms with van der Waals surface area (Å²) in [6.07, 6.45) is 28.2. The van der Waals surface area contributed by atoms with Crippen molar-refractivity contribution in [3.8, 4) is 5.75 Å². The van der Waals surface area contributed by atoms with Gasteiger partial charge in [-0.3, -0.25) is 0 Å². The summed E-state index contributed by atoms with van der Waals surface area (Å²) in [6.45, 7) is 3.27. The maximum absolute atomic E-state index is 6.19. The lowest BCUT2D eigenvalue weighted by atomic mass is 10.0.